The summed E-state index contributed by atoms with van der Waals surface area (Å²) in [6.45, 7) is 7.13. The number of nitrogens with zero attached hydrogens (tertiary/aromatic N) is 2. The molecule has 0 bridgehead atoms. The fourth-order valence-corrected chi connectivity index (χ4v) is 4.66. The Morgan fingerprint density at radius 1 is 0.915 bits per heavy atom. The number of aliphatic hydroxyl groups is 2. The van der Waals surface area contributed by atoms with Crippen molar-refractivity contribution in [2.24, 2.45) is 0 Å². The number of aromatic nitrogens is 2. The van der Waals surface area contributed by atoms with Crippen molar-refractivity contribution in [3.63, 3.8) is 0 Å². The van der Waals surface area contributed by atoms with Gasteiger partial charge in [-0.25, -0.2) is 4.79 Å². The van der Waals surface area contributed by atoms with E-state index in [0.717, 1.165) is 46.9 Å². The van der Waals surface area contributed by atoms with Crippen molar-refractivity contribution in [1.29, 1.82) is 0 Å². The summed E-state index contributed by atoms with van der Waals surface area (Å²) >= 11 is 0. The smallest absolute Gasteiger partial charge is 0.335 e. The molecule has 12 nitrogen and oxygen atoms in total. The maximum Gasteiger partial charge on any atom is 0.335 e. The molecule has 1 heterocycles. The summed E-state index contributed by atoms with van der Waals surface area (Å²) in [7, 11) is 0. The number of ether oxygens (including phenoxy) is 1. The highest BCUT2D eigenvalue weighted by molar-refractivity contribution is 5.90. The zero-order chi connectivity index (χ0) is 34.5. The Morgan fingerprint density at radius 3 is 2.17 bits per heavy atom. The van der Waals surface area contributed by atoms with E-state index in [9.17, 15) is 24.3 Å². The van der Waals surface area contributed by atoms with Crippen LogP contribution in [0.4, 0.5) is 0 Å². The molecule has 1 aromatic heterocycles. The Hall–Kier alpha value is -5.20. The normalized spacial score (nSPS) is 11.2. The molecule has 0 radical (unpaired) electrons. The summed E-state index contributed by atoms with van der Waals surface area (Å²) in [4.78, 5) is 48.0. The van der Waals surface area contributed by atoms with Gasteiger partial charge in [0.1, 0.15) is 37.6 Å². The number of hydrogen-bond donors (Lipinski definition) is 4. The lowest BCUT2D eigenvalue weighted by molar-refractivity contribution is -0.124. The zero-order valence-electron chi connectivity index (χ0n) is 26.8. The van der Waals surface area contributed by atoms with Crippen LogP contribution in [0.5, 0.6) is 5.75 Å². The van der Waals surface area contributed by atoms with Gasteiger partial charge < -0.3 is 29.9 Å². The number of carboxylic acid groups (broad SMARTS) is 1. The number of hydrogen-bond acceptors (Lipinski definition) is 10. The van der Waals surface area contributed by atoms with Crippen LogP contribution in [0.1, 0.15) is 74.1 Å². The SMILES string of the molecule is CCc1cc(C=O)cc(-c2nc(-c3cc(C)c(OC[C@@H](O)CNC(=O)CO)c(CC)c3)no2)c1.CCc1cc(C=O)cc(C(=O)O)c1. The van der Waals surface area contributed by atoms with Gasteiger partial charge in [0, 0.05) is 28.8 Å². The van der Waals surface area contributed by atoms with Crippen molar-refractivity contribution < 1.29 is 43.8 Å². The van der Waals surface area contributed by atoms with E-state index in [0.29, 0.717) is 46.9 Å². The van der Waals surface area contributed by atoms with Gasteiger partial charge >= 0.3 is 5.97 Å². The molecule has 3 aromatic carbocycles. The van der Waals surface area contributed by atoms with Crippen molar-refractivity contribution in [2.75, 3.05) is 19.8 Å². The molecule has 0 spiro atoms. The van der Waals surface area contributed by atoms with Crippen LogP contribution < -0.4 is 10.1 Å². The largest absolute Gasteiger partial charge is 0.490 e. The average Bonchev–Trinajstić information content (AvgIpc) is 3.60. The first-order chi connectivity index (χ1) is 22.5. The molecular weight excluding hydrogens is 606 g/mol. The number of carboxylic acids is 1. The number of nitrogens with one attached hydrogen (secondary N) is 1. The summed E-state index contributed by atoms with van der Waals surface area (Å²) < 4.78 is 11.3. The molecule has 248 valence electrons. The van der Waals surface area contributed by atoms with Crippen molar-refractivity contribution in [3.8, 4) is 28.6 Å². The lowest BCUT2D eigenvalue weighted by Crippen LogP contribution is -2.36. The molecule has 4 rings (SSSR count). The monoisotopic (exact) mass is 645 g/mol. The van der Waals surface area contributed by atoms with Gasteiger partial charge in [-0.15, -0.1) is 0 Å². The molecule has 0 aliphatic rings. The summed E-state index contributed by atoms with van der Waals surface area (Å²) in [5.41, 5.74) is 6.19. The number of rotatable bonds is 14. The van der Waals surface area contributed by atoms with E-state index in [1.807, 2.05) is 52.0 Å². The molecule has 12 heteroatoms. The summed E-state index contributed by atoms with van der Waals surface area (Å²) in [5.74, 6) is -0.164. The highest BCUT2D eigenvalue weighted by atomic mass is 16.5. The van der Waals surface area contributed by atoms with Crippen LogP contribution in [0.25, 0.3) is 22.8 Å². The molecule has 0 saturated heterocycles. The first kappa shape index (κ1) is 36.3. The van der Waals surface area contributed by atoms with Crippen LogP contribution >= 0.6 is 0 Å². The minimum absolute atomic E-state index is 0.0158. The lowest BCUT2D eigenvalue weighted by Gasteiger charge is -2.17. The number of amides is 1. The maximum atomic E-state index is 11.3. The Kier molecular flexibility index (Phi) is 13.5. The first-order valence-corrected chi connectivity index (χ1v) is 15.1. The van der Waals surface area contributed by atoms with Crippen LogP contribution in [0, 0.1) is 6.92 Å². The summed E-state index contributed by atoms with van der Waals surface area (Å²) in [6, 6.07) is 13.9. The van der Waals surface area contributed by atoms with Crippen LogP contribution in [-0.2, 0) is 24.1 Å². The van der Waals surface area contributed by atoms with Gasteiger partial charge in [-0.1, -0.05) is 25.9 Å². The van der Waals surface area contributed by atoms with E-state index >= 15 is 0 Å². The second kappa shape index (κ2) is 17.5. The summed E-state index contributed by atoms with van der Waals surface area (Å²) in [5, 5.41) is 34.0. The molecule has 0 unspecified atom stereocenters. The molecule has 47 heavy (non-hydrogen) atoms. The van der Waals surface area contributed by atoms with Gasteiger partial charge in [0.05, 0.1) is 5.56 Å². The minimum Gasteiger partial charge on any atom is -0.490 e. The number of benzene rings is 3. The lowest BCUT2D eigenvalue weighted by atomic mass is 10.0. The fraction of sp³-hybridized carbons (Fsp3) is 0.314. The highest BCUT2D eigenvalue weighted by Gasteiger charge is 2.17. The second-order valence-corrected chi connectivity index (χ2v) is 10.7. The van der Waals surface area contributed by atoms with E-state index < -0.39 is 24.6 Å². The quantitative estimate of drug-likeness (QED) is 0.143. The standard InChI is InChI=1S/C25H29N3O6.C10H10O3/c1-4-16-7-17(12-29)9-20(8-16)25-27-24(28-34-25)19-6-15(3)23(18(5-2)10-19)33-14-21(31)11-26-22(32)13-30;1-2-7-3-8(6-11)5-9(4-7)10(12)13/h6-10,12,21,30-31H,4-5,11,13-14H2,1-3H3,(H,26,32);3-6H,2H2,1H3,(H,12,13)/t21-;/m0./s1. The van der Waals surface area contributed by atoms with Gasteiger partial charge in [0.15, 0.2) is 0 Å². The molecule has 1 atom stereocenters. The third-order valence-electron chi connectivity index (χ3n) is 7.13. The fourth-order valence-electron chi connectivity index (χ4n) is 4.66. The zero-order valence-corrected chi connectivity index (χ0v) is 26.8. The Morgan fingerprint density at radius 2 is 1.57 bits per heavy atom. The van der Waals surface area contributed by atoms with Crippen LogP contribution in [0.15, 0.2) is 53.1 Å². The van der Waals surface area contributed by atoms with Crippen LogP contribution in [0.2, 0.25) is 0 Å². The molecule has 4 N–H and O–H groups in total. The maximum absolute atomic E-state index is 11.3. The number of aryl methyl sites for hydroxylation is 4. The highest BCUT2D eigenvalue weighted by Crippen LogP contribution is 2.31. The van der Waals surface area contributed by atoms with Crippen molar-refractivity contribution in [3.05, 3.63) is 87.5 Å². The molecule has 0 fully saturated rings. The molecule has 1 amide bonds. The first-order valence-electron chi connectivity index (χ1n) is 15.1. The van der Waals surface area contributed by atoms with E-state index in [1.165, 1.54) is 6.07 Å². The van der Waals surface area contributed by atoms with Gasteiger partial charge in [0.2, 0.25) is 11.7 Å². The van der Waals surface area contributed by atoms with Crippen molar-refractivity contribution >= 4 is 24.4 Å². The van der Waals surface area contributed by atoms with Gasteiger partial charge in [0.25, 0.3) is 5.89 Å². The summed E-state index contributed by atoms with van der Waals surface area (Å²) in [6.07, 6.45) is 2.71. The minimum atomic E-state index is -1.00. The number of aromatic carboxylic acids is 1. The van der Waals surface area contributed by atoms with Crippen LogP contribution in [-0.4, -0.2) is 75.8 Å². The number of aliphatic hydroxyl groups excluding tert-OH is 2. The second-order valence-electron chi connectivity index (χ2n) is 10.7. The van der Waals surface area contributed by atoms with Crippen molar-refractivity contribution in [2.45, 2.75) is 53.1 Å². The topological polar surface area (TPSA) is 189 Å². The van der Waals surface area contributed by atoms with Crippen LogP contribution in [0.3, 0.4) is 0 Å². The van der Waals surface area contributed by atoms with Crippen molar-refractivity contribution in [1.82, 2.24) is 15.5 Å². The predicted molar refractivity (Wildman–Crippen MR) is 174 cm³/mol. The molecule has 0 saturated carbocycles. The number of aldehydes is 2. The van der Waals surface area contributed by atoms with E-state index in [2.05, 4.69) is 15.5 Å². The van der Waals surface area contributed by atoms with Gasteiger partial charge in [-0.3, -0.25) is 14.4 Å². The Labute approximate surface area is 272 Å². The molecule has 0 aliphatic heterocycles. The third-order valence-corrected chi connectivity index (χ3v) is 7.13. The molecular formula is C35H39N3O9. The van der Waals surface area contributed by atoms with E-state index in [1.54, 1.807) is 18.2 Å². The number of carbonyl (C=O) groups excluding carboxylic acids is 3. The predicted octanol–water partition coefficient (Wildman–Crippen LogP) is 4.26. The molecule has 0 aliphatic carbocycles. The average molecular weight is 646 g/mol. The Bertz CT molecular complexity index is 1710. The van der Waals surface area contributed by atoms with Gasteiger partial charge in [-0.05, 0) is 97.0 Å². The molecule has 4 aromatic rings. The number of carbonyl (C=O) groups is 4. The third kappa shape index (κ3) is 10.1. The van der Waals surface area contributed by atoms with E-state index in [4.69, 9.17) is 19.5 Å². The van der Waals surface area contributed by atoms with Gasteiger partial charge in [-0.2, -0.15) is 4.98 Å². The van der Waals surface area contributed by atoms with E-state index in [-0.39, 0.29) is 18.7 Å². The Balaban J connectivity index is 0.000000386.